The molecule has 0 unspecified atom stereocenters. The summed E-state index contributed by atoms with van der Waals surface area (Å²) >= 11 is 0. The van der Waals surface area contributed by atoms with Gasteiger partial charge in [-0.25, -0.2) is 4.79 Å². The smallest absolute Gasteiger partial charge is 0.417 e. The van der Waals surface area contributed by atoms with Gasteiger partial charge in [-0.15, -0.1) is 0 Å². The van der Waals surface area contributed by atoms with Crippen LogP contribution >= 0.6 is 0 Å². The van der Waals surface area contributed by atoms with Crippen LogP contribution in [0.25, 0.3) is 22.4 Å². The molecule has 3 aromatic rings. The molecule has 2 N–H and O–H groups in total. The number of furan rings is 1. The zero-order chi connectivity index (χ0) is 15.2. The molecule has 0 bridgehead atoms. The van der Waals surface area contributed by atoms with Crippen molar-refractivity contribution in [1.82, 2.24) is 10.2 Å². The lowest BCUT2D eigenvalue weighted by molar-refractivity contribution is -0.136. The maximum Gasteiger partial charge on any atom is 0.417 e. The van der Waals surface area contributed by atoms with Crippen molar-refractivity contribution in [2.24, 2.45) is 0 Å². The second-order valence-electron chi connectivity index (χ2n) is 4.30. The van der Waals surface area contributed by atoms with Gasteiger partial charge in [0.15, 0.2) is 11.5 Å². The number of aromatic nitrogens is 2. The Morgan fingerprint density at radius 2 is 2.05 bits per heavy atom. The number of aromatic carboxylic acids is 1. The lowest BCUT2D eigenvalue weighted by atomic mass is 10.1. The van der Waals surface area contributed by atoms with E-state index in [-0.39, 0.29) is 28.1 Å². The molecule has 0 amide bonds. The van der Waals surface area contributed by atoms with E-state index in [1.54, 1.807) is 0 Å². The number of hydrogen-bond acceptors (Lipinski definition) is 3. The van der Waals surface area contributed by atoms with Gasteiger partial charge in [0.05, 0.1) is 5.56 Å². The monoisotopic (exact) mass is 296 g/mol. The predicted octanol–water partition coefficient (Wildman–Crippen LogP) is 3.54. The number of benzene rings is 1. The summed E-state index contributed by atoms with van der Waals surface area (Å²) in [6.07, 6.45) is -4.50. The summed E-state index contributed by atoms with van der Waals surface area (Å²) in [6, 6.07) is 6.00. The zero-order valence-electron chi connectivity index (χ0n) is 10.2. The Morgan fingerprint density at radius 1 is 1.29 bits per heavy atom. The highest BCUT2D eigenvalue weighted by molar-refractivity contribution is 5.88. The molecule has 3 rings (SSSR count). The van der Waals surface area contributed by atoms with Crippen LogP contribution < -0.4 is 0 Å². The normalized spacial score (nSPS) is 12.0. The molecule has 5 nitrogen and oxygen atoms in total. The van der Waals surface area contributed by atoms with E-state index in [0.29, 0.717) is 0 Å². The van der Waals surface area contributed by atoms with E-state index in [1.807, 2.05) is 0 Å². The molecule has 21 heavy (non-hydrogen) atoms. The van der Waals surface area contributed by atoms with Gasteiger partial charge < -0.3 is 9.52 Å². The number of H-pyrrole nitrogens is 1. The molecular formula is C13H7F3N2O3. The summed E-state index contributed by atoms with van der Waals surface area (Å²) in [5.41, 5.74) is -0.808. The van der Waals surface area contributed by atoms with Crippen molar-refractivity contribution in [1.29, 1.82) is 0 Å². The molecule has 0 saturated carbocycles. The average molecular weight is 296 g/mol. The molecule has 0 saturated heterocycles. The van der Waals surface area contributed by atoms with Crippen LogP contribution in [0.5, 0.6) is 0 Å². The van der Waals surface area contributed by atoms with Crippen molar-refractivity contribution in [2.45, 2.75) is 6.18 Å². The van der Waals surface area contributed by atoms with Crippen LogP contribution in [-0.2, 0) is 6.18 Å². The van der Waals surface area contributed by atoms with Crippen molar-refractivity contribution in [3.63, 3.8) is 0 Å². The molecule has 0 aliphatic carbocycles. The molecule has 108 valence electrons. The maximum atomic E-state index is 12.9. The number of nitrogens with one attached hydrogen (secondary N) is 1. The van der Waals surface area contributed by atoms with E-state index >= 15 is 0 Å². The Kier molecular flexibility index (Phi) is 2.75. The summed E-state index contributed by atoms with van der Waals surface area (Å²) in [5.74, 6) is -1.16. The topological polar surface area (TPSA) is 79.1 Å². The first kappa shape index (κ1) is 13.2. The Morgan fingerprint density at radius 3 is 2.67 bits per heavy atom. The number of carbonyl (C=O) groups is 1. The second kappa shape index (κ2) is 4.37. The van der Waals surface area contributed by atoms with Crippen molar-refractivity contribution < 1.29 is 27.5 Å². The molecule has 2 aromatic heterocycles. The third-order valence-corrected chi connectivity index (χ3v) is 2.93. The van der Waals surface area contributed by atoms with Crippen molar-refractivity contribution in [2.75, 3.05) is 0 Å². The Labute approximate surface area is 115 Å². The van der Waals surface area contributed by atoms with E-state index < -0.39 is 17.7 Å². The summed E-state index contributed by atoms with van der Waals surface area (Å²) in [6.45, 7) is 0. The highest BCUT2D eigenvalue weighted by Crippen LogP contribution is 2.37. The van der Waals surface area contributed by atoms with Gasteiger partial charge in [-0.2, -0.15) is 18.3 Å². The Hall–Kier alpha value is -2.77. The standard InChI is InChI=1S/C13H7F3N2O3/c14-13(15,16)7-2-1-3-10-6(7)4-11(21-10)8-5-9(12(19)20)18-17-8/h1-5H,(H,17,18)(H,19,20). The molecular weight excluding hydrogens is 289 g/mol. The SMILES string of the molecule is O=C(O)c1cc(-c2cc3c(C(F)(F)F)cccc3o2)[nH]n1. The van der Waals surface area contributed by atoms with Gasteiger partial charge in [0.1, 0.15) is 11.3 Å². The molecule has 2 heterocycles. The van der Waals surface area contributed by atoms with Crippen molar-refractivity contribution >= 4 is 16.9 Å². The van der Waals surface area contributed by atoms with Crippen molar-refractivity contribution in [3.05, 3.63) is 41.6 Å². The minimum Gasteiger partial charge on any atom is -0.476 e. The number of halogens is 3. The average Bonchev–Trinajstić information content (AvgIpc) is 3.03. The molecule has 0 radical (unpaired) electrons. The quantitative estimate of drug-likeness (QED) is 0.758. The summed E-state index contributed by atoms with van der Waals surface area (Å²) in [5, 5.41) is 14.6. The fourth-order valence-corrected chi connectivity index (χ4v) is 2.00. The number of carboxylic acids is 1. The van der Waals surface area contributed by atoms with E-state index in [9.17, 15) is 18.0 Å². The van der Waals surface area contributed by atoms with E-state index in [1.165, 1.54) is 24.3 Å². The summed E-state index contributed by atoms with van der Waals surface area (Å²) in [7, 11) is 0. The molecule has 0 atom stereocenters. The minimum atomic E-state index is -4.50. The number of carboxylic acid groups (broad SMARTS) is 1. The van der Waals surface area contributed by atoms with Crippen LogP contribution in [0.2, 0.25) is 0 Å². The van der Waals surface area contributed by atoms with Crippen LogP contribution in [-0.4, -0.2) is 21.3 Å². The van der Waals surface area contributed by atoms with Gasteiger partial charge in [0.25, 0.3) is 0 Å². The molecule has 0 aliphatic heterocycles. The van der Waals surface area contributed by atoms with Gasteiger partial charge in [-0.05, 0) is 18.2 Å². The number of nitrogens with zero attached hydrogens (tertiary/aromatic N) is 1. The first-order valence-electron chi connectivity index (χ1n) is 5.75. The Bertz CT molecular complexity index is 833. The van der Waals surface area contributed by atoms with Crippen LogP contribution in [0.1, 0.15) is 16.1 Å². The third-order valence-electron chi connectivity index (χ3n) is 2.93. The van der Waals surface area contributed by atoms with Gasteiger partial charge >= 0.3 is 12.1 Å². The van der Waals surface area contributed by atoms with E-state index in [2.05, 4.69) is 10.2 Å². The molecule has 0 fully saturated rings. The number of rotatable bonds is 2. The van der Waals surface area contributed by atoms with Crippen LogP contribution in [0.4, 0.5) is 13.2 Å². The van der Waals surface area contributed by atoms with Gasteiger partial charge in [0.2, 0.25) is 0 Å². The van der Waals surface area contributed by atoms with Crippen molar-refractivity contribution in [3.8, 4) is 11.5 Å². The number of fused-ring (bicyclic) bond motifs is 1. The number of alkyl halides is 3. The Balaban J connectivity index is 2.15. The molecule has 8 heteroatoms. The van der Waals surface area contributed by atoms with Gasteiger partial charge in [0, 0.05) is 11.5 Å². The van der Waals surface area contributed by atoms with E-state index in [0.717, 1.165) is 6.07 Å². The van der Waals surface area contributed by atoms with E-state index in [4.69, 9.17) is 9.52 Å². The fraction of sp³-hybridized carbons (Fsp3) is 0.0769. The second-order valence-corrected chi connectivity index (χ2v) is 4.30. The van der Waals surface area contributed by atoms with Gasteiger partial charge in [-0.3, -0.25) is 5.10 Å². The first-order chi connectivity index (χ1) is 9.86. The lowest BCUT2D eigenvalue weighted by Gasteiger charge is -2.06. The minimum absolute atomic E-state index is 0.0614. The van der Waals surface area contributed by atoms with Crippen LogP contribution in [0, 0.1) is 0 Å². The first-order valence-corrected chi connectivity index (χ1v) is 5.75. The molecule has 0 aliphatic rings. The predicted molar refractivity (Wildman–Crippen MR) is 65.8 cm³/mol. The largest absolute Gasteiger partial charge is 0.476 e. The zero-order valence-corrected chi connectivity index (χ0v) is 10.2. The lowest BCUT2D eigenvalue weighted by Crippen LogP contribution is -2.04. The van der Waals surface area contributed by atoms with Crippen LogP contribution in [0.15, 0.2) is 34.7 Å². The van der Waals surface area contributed by atoms with Crippen LogP contribution in [0.3, 0.4) is 0 Å². The maximum absolute atomic E-state index is 12.9. The molecule has 1 aromatic carbocycles. The number of hydrogen-bond donors (Lipinski definition) is 2. The highest BCUT2D eigenvalue weighted by Gasteiger charge is 2.33. The fourth-order valence-electron chi connectivity index (χ4n) is 2.00. The summed E-state index contributed by atoms with van der Waals surface area (Å²) < 4.78 is 44.0. The van der Waals surface area contributed by atoms with Gasteiger partial charge in [-0.1, -0.05) is 6.07 Å². The third kappa shape index (κ3) is 2.24. The number of aromatic amines is 1. The summed E-state index contributed by atoms with van der Waals surface area (Å²) in [4.78, 5) is 10.7. The molecule has 0 spiro atoms. The highest BCUT2D eigenvalue weighted by atomic mass is 19.4.